The Balaban J connectivity index is 1.93. The van der Waals surface area contributed by atoms with Crippen LogP contribution in [-0.4, -0.2) is 27.1 Å². The summed E-state index contributed by atoms with van der Waals surface area (Å²) in [5, 5.41) is 13.6. The predicted octanol–water partition coefficient (Wildman–Crippen LogP) is 3.25. The van der Waals surface area contributed by atoms with Gasteiger partial charge in [0.05, 0.1) is 18.8 Å². The molecular formula is C17H25N5O. The summed E-state index contributed by atoms with van der Waals surface area (Å²) in [7, 11) is 0. The standard InChI is InChI=1S/C17H25N5O/c1-12(2)14-5-7-15(8-6-14)19-17(23)20-16(13(3)4)11-22-10-9-18-21-22/h5-10,12-13,16H,11H2,1-4H3,(H2,19,20,23). The lowest BCUT2D eigenvalue weighted by Gasteiger charge is -2.22. The van der Waals surface area contributed by atoms with Crippen molar-refractivity contribution in [3.05, 3.63) is 42.2 Å². The minimum Gasteiger partial charge on any atom is -0.333 e. The van der Waals surface area contributed by atoms with Crippen molar-refractivity contribution in [2.75, 3.05) is 5.32 Å². The maximum absolute atomic E-state index is 12.2. The smallest absolute Gasteiger partial charge is 0.319 e. The molecule has 2 amide bonds. The molecule has 1 heterocycles. The quantitative estimate of drug-likeness (QED) is 0.859. The van der Waals surface area contributed by atoms with Gasteiger partial charge in [0.25, 0.3) is 0 Å². The number of carbonyl (C=O) groups excluding carboxylic acids is 1. The van der Waals surface area contributed by atoms with Crippen LogP contribution in [0.15, 0.2) is 36.7 Å². The largest absolute Gasteiger partial charge is 0.333 e. The first-order chi connectivity index (χ1) is 11.0. The molecule has 0 bridgehead atoms. The van der Waals surface area contributed by atoms with Crippen LogP contribution >= 0.6 is 0 Å². The second-order valence-corrected chi connectivity index (χ2v) is 6.35. The average Bonchev–Trinajstić information content (AvgIpc) is 3.00. The summed E-state index contributed by atoms with van der Waals surface area (Å²) in [6, 6.07) is 7.70. The molecule has 2 rings (SSSR count). The fourth-order valence-electron chi connectivity index (χ4n) is 2.24. The molecule has 0 radical (unpaired) electrons. The van der Waals surface area contributed by atoms with E-state index in [2.05, 4.69) is 48.6 Å². The third-order valence-electron chi connectivity index (χ3n) is 3.81. The van der Waals surface area contributed by atoms with Gasteiger partial charge >= 0.3 is 6.03 Å². The van der Waals surface area contributed by atoms with Gasteiger partial charge < -0.3 is 10.6 Å². The van der Waals surface area contributed by atoms with Crippen molar-refractivity contribution in [1.29, 1.82) is 0 Å². The normalized spacial score (nSPS) is 12.4. The molecule has 1 unspecified atom stereocenters. The number of carbonyl (C=O) groups is 1. The van der Waals surface area contributed by atoms with Gasteiger partial charge in [-0.25, -0.2) is 4.79 Å². The number of nitrogens with zero attached hydrogens (tertiary/aromatic N) is 3. The van der Waals surface area contributed by atoms with Crippen LogP contribution in [0.4, 0.5) is 10.5 Å². The van der Waals surface area contributed by atoms with Crippen molar-refractivity contribution >= 4 is 11.7 Å². The van der Waals surface area contributed by atoms with Crippen molar-refractivity contribution in [3.8, 4) is 0 Å². The molecule has 0 saturated carbocycles. The van der Waals surface area contributed by atoms with E-state index in [1.165, 1.54) is 5.56 Å². The number of amides is 2. The van der Waals surface area contributed by atoms with Gasteiger partial charge in [-0.05, 0) is 29.5 Å². The SMILES string of the molecule is CC(C)c1ccc(NC(=O)NC(Cn2ccnn2)C(C)C)cc1. The Morgan fingerprint density at radius 3 is 2.39 bits per heavy atom. The van der Waals surface area contributed by atoms with E-state index < -0.39 is 0 Å². The highest BCUT2D eigenvalue weighted by Gasteiger charge is 2.17. The Labute approximate surface area is 137 Å². The van der Waals surface area contributed by atoms with E-state index in [1.54, 1.807) is 17.1 Å². The Morgan fingerprint density at radius 2 is 1.87 bits per heavy atom. The highest BCUT2D eigenvalue weighted by molar-refractivity contribution is 5.89. The fourth-order valence-corrected chi connectivity index (χ4v) is 2.24. The van der Waals surface area contributed by atoms with Crippen LogP contribution in [-0.2, 0) is 6.54 Å². The zero-order valence-corrected chi connectivity index (χ0v) is 14.2. The van der Waals surface area contributed by atoms with Crippen LogP contribution in [0.5, 0.6) is 0 Å². The van der Waals surface area contributed by atoms with Gasteiger partial charge in [-0.15, -0.1) is 5.10 Å². The van der Waals surface area contributed by atoms with Crippen molar-refractivity contribution in [1.82, 2.24) is 20.3 Å². The van der Waals surface area contributed by atoms with Crippen molar-refractivity contribution in [2.45, 2.75) is 46.2 Å². The molecule has 1 atom stereocenters. The molecule has 124 valence electrons. The van der Waals surface area contributed by atoms with E-state index >= 15 is 0 Å². The number of anilines is 1. The van der Waals surface area contributed by atoms with Gasteiger partial charge in [0.15, 0.2) is 0 Å². The van der Waals surface area contributed by atoms with Crippen LogP contribution in [0.3, 0.4) is 0 Å². The topological polar surface area (TPSA) is 71.8 Å². The van der Waals surface area contributed by atoms with Crippen LogP contribution in [0, 0.1) is 5.92 Å². The van der Waals surface area contributed by atoms with Crippen LogP contribution in [0.2, 0.25) is 0 Å². The highest BCUT2D eigenvalue weighted by atomic mass is 16.2. The van der Waals surface area contributed by atoms with E-state index in [-0.39, 0.29) is 18.0 Å². The number of aromatic nitrogens is 3. The van der Waals surface area contributed by atoms with Gasteiger partial charge in [-0.1, -0.05) is 45.0 Å². The minimum absolute atomic E-state index is 0.0216. The Bertz CT molecular complexity index is 604. The highest BCUT2D eigenvalue weighted by Crippen LogP contribution is 2.17. The number of benzene rings is 1. The maximum atomic E-state index is 12.2. The minimum atomic E-state index is -0.207. The monoisotopic (exact) mass is 315 g/mol. The summed E-state index contributed by atoms with van der Waals surface area (Å²) in [6.07, 6.45) is 3.42. The maximum Gasteiger partial charge on any atom is 0.319 e. The van der Waals surface area contributed by atoms with Crippen molar-refractivity contribution in [3.63, 3.8) is 0 Å². The molecule has 6 nitrogen and oxygen atoms in total. The van der Waals surface area contributed by atoms with Gasteiger partial charge in [0.2, 0.25) is 0 Å². The van der Waals surface area contributed by atoms with Gasteiger partial charge in [-0.3, -0.25) is 4.68 Å². The first-order valence-electron chi connectivity index (χ1n) is 7.97. The molecule has 0 aliphatic carbocycles. The Kier molecular flexibility index (Phi) is 5.73. The molecule has 2 N–H and O–H groups in total. The first-order valence-corrected chi connectivity index (χ1v) is 7.97. The third-order valence-corrected chi connectivity index (χ3v) is 3.81. The summed E-state index contributed by atoms with van der Waals surface area (Å²) >= 11 is 0. The van der Waals surface area contributed by atoms with Crippen LogP contribution in [0.25, 0.3) is 0 Å². The summed E-state index contributed by atoms with van der Waals surface area (Å²) in [5.74, 6) is 0.763. The zero-order valence-electron chi connectivity index (χ0n) is 14.2. The van der Waals surface area contributed by atoms with E-state index in [1.807, 2.05) is 24.3 Å². The lowest BCUT2D eigenvalue weighted by Crippen LogP contribution is -2.43. The van der Waals surface area contributed by atoms with Crippen molar-refractivity contribution in [2.24, 2.45) is 5.92 Å². The summed E-state index contributed by atoms with van der Waals surface area (Å²) in [4.78, 5) is 12.2. The van der Waals surface area contributed by atoms with Gasteiger partial charge in [-0.2, -0.15) is 0 Å². The molecule has 0 saturated heterocycles. The van der Waals surface area contributed by atoms with Crippen LogP contribution in [0.1, 0.15) is 39.2 Å². The second kappa shape index (κ2) is 7.76. The second-order valence-electron chi connectivity index (χ2n) is 6.35. The molecular weight excluding hydrogens is 290 g/mol. The molecule has 2 aromatic rings. The Morgan fingerprint density at radius 1 is 1.17 bits per heavy atom. The van der Waals surface area contributed by atoms with Crippen LogP contribution < -0.4 is 10.6 Å². The number of rotatable bonds is 6. The van der Waals surface area contributed by atoms with E-state index in [4.69, 9.17) is 0 Å². The number of hydrogen-bond donors (Lipinski definition) is 2. The molecule has 23 heavy (non-hydrogen) atoms. The molecule has 0 aliphatic heterocycles. The van der Waals surface area contributed by atoms with Gasteiger partial charge in [0, 0.05) is 11.9 Å². The molecule has 0 aliphatic rings. The molecule has 1 aromatic carbocycles. The van der Waals surface area contributed by atoms with Crippen molar-refractivity contribution < 1.29 is 4.79 Å². The summed E-state index contributed by atoms with van der Waals surface area (Å²) in [5.41, 5.74) is 2.04. The summed E-state index contributed by atoms with van der Waals surface area (Å²) in [6.45, 7) is 9.02. The van der Waals surface area contributed by atoms with Gasteiger partial charge in [0.1, 0.15) is 0 Å². The van der Waals surface area contributed by atoms with E-state index in [0.29, 0.717) is 12.5 Å². The lowest BCUT2D eigenvalue weighted by atomic mass is 10.0. The third kappa shape index (κ3) is 5.09. The average molecular weight is 315 g/mol. The summed E-state index contributed by atoms with van der Waals surface area (Å²) < 4.78 is 1.72. The zero-order chi connectivity index (χ0) is 16.8. The molecule has 1 aromatic heterocycles. The molecule has 0 spiro atoms. The number of urea groups is 1. The molecule has 0 fully saturated rings. The number of nitrogens with one attached hydrogen (secondary N) is 2. The molecule has 6 heteroatoms. The fraction of sp³-hybridized carbons (Fsp3) is 0.471. The number of hydrogen-bond acceptors (Lipinski definition) is 3. The Hall–Kier alpha value is -2.37. The predicted molar refractivity (Wildman–Crippen MR) is 91.3 cm³/mol. The van der Waals surface area contributed by atoms with E-state index in [0.717, 1.165) is 5.69 Å². The van der Waals surface area contributed by atoms with E-state index in [9.17, 15) is 4.79 Å². The lowest BCUT2D eigenvalue weighted by molar-refractivity contribution is 0.240. The first kappa shape index (κ1) is 17.0.